The van der Waals surface area contributed by atoms with Crippen LogP contribution in [-0.2, 0) is 14.6 Å². The minimum atomic E-state index is -3.29. The summed E-state index contributed by atoms with van der Waals surface area (Å²) in [6.45, 7) is 1.75. The molecule has 120 valence electrons. The van der Waals surface area contributed by atoms with Crippen molar-refractivity contribution in [2.24, 2.45) is 0 Å². The van der Waals surface area contributed by atoms with Crippen LogP contribution in [0.5, 0.6) is 0 Å². The molecule has 0 spiro atoms. The Labute approximate surface area is 135 Å². The minimum absolute atomic E-state index is 0.0422. The van der Waals surface area contributed by atoms with Crippen molar-refractivity contribution >= 4 is 21.4 Å². The number of carbonyl (C=O) groups is 1. The van der Waals surface area contributed by atoms with Crippen LogP contribution in [0.2, 0.25) is 0 Å². The Morgan fingerprint density at radius 1 is 1.04 bits per heavy atom. The maximum Gasteiger partial charge on any atom is 0.240 e. The molecule has 1 aliphatic heterocycles. The molecule has 1 saturated heterocycles. The van der Waals surface area contributed by atoms with E-state index < -0.39 is 9.84 Å². The zero-order valence-electron chi connectivity index (χ0n) is 12.8. The molecule has 6 heteroatoms. The second-order valence-electron chi connectivity index (χ2n) is 5.54. The van der Waals surface area contributed by atoms with Gasteiger partial charge >= 0.3 is 0 Å². The third-order valence-corrected chi connectivity index (χ3v) is 5.02. The summed E-state index contributed by atoms with van der Waals surface area (Å²) in [5.41, 5.74) is 2.32. The van der Waals surface area contributed by atoms with E-state index in [0.717, 1.165) is 17.8 Å². The van der Waals surface area contributed by atoms with Crippen molar-refractivity contribution in [3.63, 3.8) is 0 Å². The lowest BCUT2D eigenvalue weighted by Gasteiger charge is -2.27. The molecule has 5 nitrogen and oxygen atoms in total. The SMILES string of the molecule is CS(=O)(=O)c1ccccc1-c1ccc(N2CCNCC2=O)cc1. The quantitative estimate of drug-likeness (QED) is 0.930. The maximum absolute atomic E-state index is 11.9. The highest BCUT2D eigenvalue weighted by Crippen LogP contribution is 2.29. The van der Waals surface area contributed by atoms with Gasteiger partial charge in [-0.2, -0.15) is 0 Å². The van der Waals surface area contributed by atoms with Crippen molar-refractivity contribution in [1.29, 1.82) is 0 Å². The van der Waals surface area contributed by atoms with E-state index in [1.165, 1.54) is 6.26 Å². The highest BCUT2D eigenvalue weighted by atomic mass is 32.2. The summed E-state index contributed by atoms with van der Waals surface area (Å²) in [6, 6.07) is 14.4. The number of rotatable bonds is 3. The van der Waals surface area contributed by atoms with E-state index in [1.807, 2.05) is 30.3 Å². The average Bonchev–Trinajstić information content (AvgIpc) is 2.55. The maximum atomic E-state index is 11.9. The Morgan fingerprint density at radius 2 is 1.74 bits per heavy atom. The fourth-order valence-corrected chi connectivity index (χ4v) is 3.64. The molecule has 1 fully saturated rings. The summed E-state index contributed by atoms with van der Waals surface area (Å²) in [6.07, 6.45) is 1.21. The summed E-state index contributed by atoms with van der Waals surface area (Å²) in [5.74, 6) is 0.0422. The predicted octanol–water partition coefficient (Wildman–Crippen LogP) is 1.69. The fraction of sp³-hybridized carbons (Fsp3) is 0.235. The van der Waals surface area contributed by atoms with Crippen LogP contribution in [0.3, 0.4) is 0 Å². The molecule has 3 rings (SSSR count). The van der Waals surface area contributed by atoms with Crippen LogP contribution >= 0.6 is 0 Å². The van der Waals surface area contributed by atoms with Gasteiger partial charge < -0.3 is 10.2 Å². The Balaban J connectivity index is 1.96. The minimum Gasteiger partial charge on any atom is -0.310 e. The Morgan fingerprint density at radius 3 is 2.39 bits per heavy atom. The number of benzene rings is 2. The van der Waals surface area contributed by atoms with Crippen LogP contribution in [0.15, 0.2) is 53.4 Å². The third-order valence-electron chi connectivity index (χ3n) is 3.87. The monoisotopic (exact) mass is 330 g/mol. The lowest BCUT2D eigenvalue weighted by molar-refractivity contribution is -0.118. The van der Waals surface area contributed by atoms with Crippen LogP contribution in [0, 0.1) is 0 Å². The predicted molar refractivity (Wildman–Crippen MR) is 90.2 cm³/mol. The van der Waals surface area contributed by atoms with Crippen molar-refractivity contribution in [3.05, 3.63) is 48.5 Å². The van der Waals surface area contributed by atoms with Crippen LogP contribution in [-0.4, -0.2) is 40.2 Å². The number of hydrogen-bond acceptors (Lipinski definition) is 4. The summed E-state index contributed by atoms with van der Waals surface area (Å²) in [7, 11) is -3.29. The summed E-state index contributed by atoms with van der Waals surface area (Å²) >= 11 is 0. The number of amides is 1. The zero-order valence-corrected chi connectivity index (χ0v) is 13.6. The van der Waals surface area contributed by atoms with Crippen molar-refractivity contribution in [3.8, 4) is 11.1 Å². The smallest absolute Gasteiger partial charge is 0.240 e. The zero-order chi connectivity index (χ0) is 16.4. The normalized spacial score (nSPS) is 15.7. The lowest BCUT2D eigenvalue weighted by Crippen LogP contribution is -2.48. The first-order valence-corrected chi connectivity index (χ1v) is 9.26. The molecule has 23 heavy (non-hydrogen) atoms. The van der Waals surface area contributed by atoms with Gasteiger partial charge in [0.25, 0.3) is 0 Å². The van der Waals surface area contributed by atoms with Gasteiger partial charge in [-0.05, 0) is 23.8 Å². The lowest BCUT2D eigenvalue weighted by atomic mass is 10.0. The Bertz CT molecular complexity index is 829. The van der Waals surface area contributed by atoms with Crippen LogP contribution in [0.4, 0.5) is 5.69 Å². The number of nitrogens with zero attached hydrogens (tertiary/aromatic N) is 1. The summed E-state index contributed by atoms with van der Waals surface area (Å²) in [5, 5.41) is 3.04. The van der Waals surface area contributed by atoms with Gasteiger partial charge in [0.1, 0.15) is 0 Å². The van der Waals surface area contributed by atoms with Gasteiger partial charge in [-0.25, -0.2) is 8.42 Å². The summed E-state index contributed by atoms with van der Waals surface area (Å²) < 4.78 is 23.8. The van der Waals surface area contributed by atoms with Gasteiger partial charge in [0.15, 0.2) is 9.84 Å². The van der Waals surface area contributed by atoms with Crippen molar-refractivity contribution in [2.75, 3.05) is 30.8 Å². The van der Waals surface area contributed by atoms with Gasteiger partial charge in [0.05, 0.1) is 11.4 Å². The molecule has 1 heterocycles. The highest BCUT2D eigenvalue weighted by molar-refractivity contribution is 7.90. The molecule has 0 aliphatic carbocycles. The second kappa shape index (κ2) is 6.14. The molecule has 0 bridgehead atoms. The number of anilines is 1. The van der Waals surface area contributed by atoms with E-state index in [-0.39, 0.29) is 5.91 Å². The topological polar surface area (TPSA) is 66.5 Å². The second-order valence-corrected chi connectivity index (χ2v) is 7.52. The molecule has 0 atom stereocenters. The molecule has 2 aromatic carbocycles. The van der Waals surface area contributed by atoms with E-state index in [4.69, 9.17) is 0 Å². The van der Waals surface area contributed by atoms with Crippen molar-refractivity contribution < 1.29 is 13.2 Å². The van der Waals surface area contributed by atoms with Gasteiger partial charge in [0.2, 0.25) is 5.91 Å². The van der Waals surface area contributed by atoms with E-state index in [1.54, 1.807) is 23.1 Å². The Kier molecular flexibility index (Phi) is 4.19. The molecule has 0 radical (unpaired) electrons. The number of nitrogens with one attached hydrogen (secondary N) is 1. The molecule has 2 aromatic rings. The number of piperazine rings is 1. The number of carbonyl (C=O) groups excluding carboxylic acids is 1. The molecule has 1 amide bonds. The third kappa shape index (κ3) is 3.28. The number of hydrogen-bond donors (Lipinski definition) is 1. The largest absolute Gasteiger partial charge is 0.310 e. The number of sulfone groups is 1. The molecule has 1 aliphatic rings. The van der Waals surface area contributed by atoms with Gasteiger partial charge in [0, 0.05) is 30.6 Å². The molecular formula is C17H18N2O3S. The van der Waals surface area contributed by atoms with E-state index in [9.17, 15) is 13.2 Å². The molecular weight excluding hydrogens is 312 g/mol. The van der Waals surface area contributed by atoms with Crippen LogP contribution in [0.25, 0.3) is 11.1 Å². The first-order chi connectivity index (χ1) is 11.0. The summed E-state index contributed by atoms with van der Waals surface area (Å²) in [4.78, 5) is 14.0. The standard InChI is InChI=1S/C17H18N2O3S/c1-23(21,22)16-5-3-2-4-15(16)13-6-8-14(9-7-13)19-11-10-18-12-17(19)20/h2-9,18H,10-12H2,1H3. The van der Waals surface area contributed by atoms with Crippen LogP contribution in [0.1, 0.15) is 0 Å². The Hall–Kier alpha value is -2.18. The van der Waals surface area contributed by atoms with E-state index in [2.05, 4.69) is 5.32 Å². The van der Waals surface area contributed by atoms with Crippen molar-refractivity contribution in [1.82, 2.24) is 5.32 Å². The van der Waals surface area contributed by atoms with Gasteiger partial charge in [-0.3, -0.25) is 4.79 Å². The van der Waals surface area contributed by atoms with Gasteiger partial charge in [-0.15, -0.1) is 0 Å². The molecule has 0 unspecified atom stereocenters. The average molecular weight is 330 g/mol. The van der Waals surface area contributed by atoms with Gasteiger partial charge in [-0.1, -0.05) is 30.3 Å². The van der Waals surface area contributed by atoms with Crippen molar-refractivity contribution in [2.45, 2.75) is 4.90 Å². The molecule has 0 saturated carbocycles. The highest BCUT2D eigenvalue weighted by Gasteiger charge is 2.19. The van der Waals surface area contributed by atoms with E-state index in [0.29, 0.717) is 23.5 Å². The molecule has 1 N–H and O–H groups in total. The fourth-order valence-electron chi connectivity index (χ4n) is 2.73. The molecule has 0 aromatic heterocycles. The van der Waals surface area contributed by atoms with E-state index >= 15 is 0 Å². The van der Waals surface area contributed by atoms with Crippen LogP contribution < -0.4 is 10.2 Å². The first kappa shape index (κ1) is 15.7. The first-order valence-electron chi connectivity index (χ1n) is 7.37.